The summed E-state index contributed by atoms with van der Waals surface area (Å²) < 4.78 is 3.86. The first-order chi connectivity index (χ1) is 2.41. The number of rotatable bonds is 0. The standard InChI is InChI=1S/I2.2H2N.OSi2.10Y/c1-2;;;2-1-3;;;;;;;;;;/h;2*1H2;;;;;;;;;;;/q;2*-1;;;;;;;;;;;. The van der Waals surface area contributed by atoms with Crippen LogP contribution in [-0.4, -0.2) is 21.0 Å². The quantitative estimate of drug-likeness (QED) is 0.272. The Kier molecular flexibility index (Phi) is 680. The zero-order valence-electron chi connectivity index (χ0n) is 9.09. The second-order valence-corrected chi connectivity index (χ2v) is 0.919. The average molecular weight is 1250 g/mol. The van der Waals surface area contributed by atoms with E-state index in [9.17, 15) is 0 Å². The molecule has 17 heteroatoms. The van der Waals surface area contributed by atoms with Gasteiger partial charge < -0.3 is 16.4 Å². The zero-order valence-corrected chi connectivity index (χ0v) is 43.8. The van der Waals surface area contributed by atoms with Crippen LogP contribution in [0.3, 0.4) is 0 Å². The zero-order chi connectivity index (χ0) is 4.71. The van der Waals surface area contributed by atoms with Crippen LogP contribution in [0, 0.1) is 0 Å². The fraction of sp³-hybridized carbons (Fsp3) is 0. The summed E-state index contributed by atoms with van der Waals surface area (Å²) in [5.74, 6) is 0. The molecule has 0 bridgehead atoms. The van der Waals surface area contributed by atoms with Crippen molar-refractivity contribution in [2.24, 2.45) is 0 Å². The fourth-order valence-corrected chi connectivity index (χ4v) is 0. The molecule has 0 aliphatic rings. The molecular formula is H4I2N2OSi2Y10-2. The summed E-state index contributed by atoms with van der Waals surface area (Å²) in [6.07, 6.45) is 0. The van der Waals surface area contributed by atoms with Crippen molar-refractivity contribution in [1.82, 2.24) is 0 Å². The minimum atomic E-state index is 0. The molecule has 4 N–H and O–H groups in total. The van der Waals surface area contributed by atoms with Gasteiger partial charge in [-0.2, -0.15) is 0 Å². The van der Waals surface area contributed by atoms with E-state index >= 15 is 0 Å². The molecule has 0 saturated carbocycles. The third-order valence-electron chi connectivity index (χ3n) is 0. The second-order valence-electron chi connectivity index (χ2n) is 0.102. The molecular weight excluding hydrogens is 1240 g/mol. The van der Waals surface area contributed by atoms with Crippen molar-refractivity contribution in [1.29, 1.82) is 0 Å². The molecule has 0 aromatic carbocycles. The van der Waals surface area contributed by atoms with Crippen LogP contribution < -0.4 is 0 Å². The molecule has 0 atom stereocenters. The Morgan fingerprint density at radius 3 is 0.471 bits per heavy atom. The molecule has 0 saturated heterocycles. The van der Waals surface area contributed by atoms with E-state index in [4.69, 9.17) is 0 Å². The van der Waals surface area contributed by atoms with Crippen molar-refractivity contribution in [2.45, 2.75) is 0 Å². The van der Waals surface area contributed by atoms with Gasteiger partial charge in [0.1, 0.15) is 0 Å². The van der Waals surface area contributed by atoms with Gasteiger partial charge in [0, 0.05) is 364 Å². The molecule has 3 nitrogen and oxygen atoms in total. The monoisotopic (exact) mass is 1250 g/mol. The summed E-state index contributed by atoms with van der Waals surface area (Å²) >= 11 is 4.24. The van der Waals surface area contributed by atoms with Gasteiger partial charge in [-0.1, -0.05) is 0 Å². The van der Waals surface area contributed by atoms with Crippen LogP contribution in [0.15, 0.2) is 0 Å². The largest absolute Gasteiger partial charge is 0.693 e. The van der Waals surface area contributed by atoms with Crippen molar-refractivity contribution < 1.29 is 331 Å². The Morgan fingerprint density at radius 1 is 0.471 bits per heavy atom. The summed E-state index contributed by atoms with van der Waals surface area (Å²) in [6.45, 7) is 0. The number of hydrogen-bond acceptors (Lipinski definition) is 1. The molecule has 0 aromatic heterocycles. The first-order valence-electron chi connectivity index (χ1n) is 0.551. The molecule has 0 aliphatic carbocycles. The van der Waals surface area contributed by atoms with Crippen molar-refractivity contribution in [2.75, 3.05) is 0 Å². The van der Waals surface area contributed by atoms with E-state index in [-0.39, 0.29) is 339 Å². The maximum absolute atomic E-state index is 3.86. The second kappa shape index (κ2) is 117. The van der Waals surface area contributed by atoms with E-state index < -0.39 is 0 Å². The summed E-state index contributed by atoms with van der Waals surface area (Å²) in [6, 6.07) is 0. The topological polar surface area (TPSA) is 76.2 Å². The molecule has 17 heavy (non-hydrogen) atoms. The SMILES string of the molecule is II.[NH2-].[NH2-].[Si]O[Si].[Y].[Y].[Y].[Y].[Y].[Y].[Y].[Y].[Y].[Y]. The van der Waals surface area contributed by atoms with Gasteiger partial charge in [0.05, 0.1) is 0 Å². The maximum atomic E-state index is 3.86. The summed E-state index contributed by atoms with van der Waals surface area (Å²) in [7, 11) is 5.19. The third-order valence-corrected chi connectivity index (χ3v) is 0. The third kappa shape index (κ3) is 126. The summed E-state index contributed by atoms with van der Waals surface area (Å²) in [5.41, 5.74) is 0. The maximum Gasteiger partial charge on any atom is 0.229 e. The Morgan fingerprint density at radius 2 is 0.471 bits per heavy atom. The Hall–Kier alpha value is 12.8. The molecule has 0 aromatic rings. The van der Waals surface area contributed by atoms with Crippen molar-refractivity contribution in [3.8, 4) is 0 Å². The van der Waals surface area contributed by atoms with Gasteiger partial charge in [-0.3, -0.25) is 0 Å². The predicted molar refractivity (Wildman–Crippen MR) is 51.2 cm³/mol. The first-order valence-corrected chi connectivity index (χ1v) is 7.65. The molecule has 74 valence electrons. The van der Waals surface area contributed by atoms with Crippen LogP contribution in [0.4, 0.5) is 0 Å². The van der Waals surface area contributed by atoms with Crippen LogP contribution in [0.25, 0.3) is 12.3 Å². The molecule has 0 fully saturated rings. The predicted octanol–water partition coefficient (Wildman–Crippen LogP) is 2.35. The van der Waals surface area contributed by atoms with Gasteiger partial charge in [-0.05, 0) is 0 Å². The van der Waals surface area contributed by atoms with Crippen LogP contribution in [0.5, 0.6) is 0 Å². The number of nitrogens with two attached hydrogens (primary N) is 2. The molecule has 0 unspecified atom stereocenters. The molecule has 0 spiro atoms. The van der Waals surface area contributed by atoms with Gasteiger partial charge in [-0.25, -0.2) is 0 Å². The molecule has 0 heterocycles. The molecule has 0 rings (SSSR count). The van der Waals surface area contributed by atoms with Gasteiger partial charge >= 0.3 is 0 Å². The van der Waals surface area contributed by atoms with E-state index in [1.54, 1.807) is 0 Å². The van der Waals surface area contributed by atoms with Gasteiger partial charge in [-0.15, -0.1) is 0 Å². The average Bonchev–Trinajstić information content (AvgIpc) is 1.46. The first kappa shape index (κ1) is 99.0. The Labute approximate surface area is 388 Å². The van der Waals surface area contributed by atoms with E-state index in [0.717, 1.165) is 0 Å². The summed E-state index contributed by atoms with van der Waals surface area (Å²) in [4.78, 5) is 0. The van der Waals surface area contributed by atoms with E-state index in [0.29, 0.717) is 0 Å². The molecule has 0 aliphatic heterocycles. The number of hydrogen-bond donors (Lipinski definition) is 0. The van der Waals surface area contributed by atoms with E-state index in [1.807, 2.05) is 0 Å². The van der Waals surface area contributed by atoms with Crippen LogP contribution in [0.2, 0.25) is 0 Å². The molecule has 0 amide bonds. The van der Waals surface area contributed by atoms with Crippen molar-refractivity contribution in [3.63, 3.8) is 0 Å². The smallest absolute Gasteiger partial charge is 0.229 e. The Balaban J connectivity index is -0.000000000524. The minimum absolute atomic E-state index is 0. The van der Waals surface area contributed by atoms with Gasteiger partial charge in [0.15, 0.2) is 0 Å². The normalized spacial score (nSPS) is 1.41. The van der Waals surface area contributed by atoms with Crippen LogP contribution in [0.1, 0.15) is 0 Å². The van der Waals surface area contributed by atoms with E-state index in [1.165, 1.54) is 0 Å². The Bertz CT molecular complexity index is 30.3. The van der Waals surface area contributed by atoms with Crippen molar-refractivity contribution >= 4 is 58.2 Å². The summed E-state index contributed by atoms with van der Waals surface area (Å²) in [5, 5.41) is 0. The van der Waals surface area contributed by atoms with Gasteiger partial charge in [0.2, 0.25) is 21.0 Å². The van der Waals surface area contributed by atoms with Crippen LogP contribution in [-0.2, 0) is 331 Å². The fourth-order valence-electron chi connectivity index (χ4n) is 0. The van der Waals surface area contributed by atoms with Gasteiger partial charge in [0.25, 0.3) is 0 Å². The van der Waals surface area contributed by atoms with Crippen molar-refractivity contribution in [3.05, 3.63) is 12.3 Å². The molecule has 16 radical (unpaired) electrons. The number of halogens is 2. The van der Waals surface area contributed by atoms with Crippen LogP contribution >= 0.6 is 37.2 Å². The van der Waals surface area contributed by atoms with E-state index in [2.05, 4.69) is 62.3 Å². The minimum Gasteiger partial charge on any atom is -0.693 e.